The van der Waals surface area contributed by atoms with Crippen LogP contribution in [0.3, 0.4) is 0 Å². The van der Waals surface area contributed by atoms with E-state index in [-0.39, 0.29) is 17.6 Å². The Morgan fingerprint density at radius 2 is 1.89 bits per heavy atom. The van der Waals surface area contributed by atoms with Gasteiger partial charge >= 0.3 is 0 Å². The topological polar surface area (TPSA) is 32.7 Å². The summed E-state index contributed by atoms with van der Waals surface area (Å²) in [5.74, 6) is -1.07. The molecule has 2 atom stereocenters. The van der Waals surface area contributed by atoms with Crippen LogP contribution in [0.15, 0.2) is 18.2 Å². The molecule has 1 aromatic rings. The molecule has 104 valence electrons. The number of halogens is 2. The number of hydrogen-bond acceptors (Lipinski definition) is 3. The summed E-state index contributed by atoms with van der Waals surface area (Å²) in [5, 5.41) is 10.8. The Labute approximate surface area is 110 Å². The van der Waals surface area contributed by atoms with Crippen LogP contribution in [-0.4, -0.2) is 42.4 Å². The van der Waals surface area contributed by atoms with Gasteiger partial charge in [0.05, 0.1) is 18.8 Å². The molecule has 2 saturated heterocycles. The van der Waals surface area contributed by atoms with Gasteiger partial charge in [-0.2, -0.15) is 0 Å². The molecule has 0 aromatic heterocycles. The number of likely N-dealkylation sites (N-methyl/N-ethyl adjacent to an activating group) is 1. The third kappa shape index (κ3) is 2.16. The summed E-state index contributed by atoms with van der Waals surface area (Å²) in [6, 6.07) is 3.34. The Morgan fingerprint density at radius 3 is 2.53 bits per heavy atom. The molecule has 1 N–H and O–H groups in total. The molecule has 2 fully saturated rings. The van der Waals surface area contributed by atoms with E-state index in [4.69, 9.17) is 4.74 Å². The summed E-state index contributed by atoms with van der Waals surface area (Å²) < 4.78 is 32.7. The first kappa shape index (κ1) is 13.0. The van der Waals surface area contributed by atoms with Gasteiger partial charge in [-0.15, -0.1) is 0 Å². The van der Waals surface area contributed by atoms with Crippen LogP contribution in [-0.2, 0) is 10.3 Å². The lowest BCUT2D eigenvalue weighted by atomic mass is 9.77. The van der Waals surface area contributed by atoms with Gasteiger partial charge in [0.25, 0.3) is 0 Å². The summed E-state index contributed by atoms with van der Waals surface area (Å²) in [5.41, 5.74) is -1.24. The van der Waals surface area contributed by atoms with E-state index in [2.05, 4.69) is 4.90 Å². The van der Waals surface area contributed by atoms with Crippen molar-refractivity contribution in [3.8, 4) is 0 Å². The minimum atomic E-state index is -1.31. The molecule has 3 rings (SSSR count). The average Bonchev–Trinajstić information content (AvgIpc) is 2.34. The van der Waals surface area contributed by atoms with Crippen LogP contribution in [0, 0.1) is 11.6 Å². The van der Waals surface area contributed by atoms with Crippen LogP contribution in [0.1, 0.15) is 18.4 Å². The SMILES string of the molecule is CN1C2COCC1CC(O)(c1cc(F)ccc1F)C2. The molecule has 0 radical (unpaired) electrons. The molecule has 2 heterocycles. The van der Waals surface area contributed by atoms with Gasteiger partial charge in [0.1, 0.15) is 11.6 Å². The fraction of sp³-hybridized carbons (Fsp3) is 0.571. The number of ether oxygens (including phenoxy) is 1. The van der Waals surface area contributed by atoms with Crippen molar-refractivity contribution >= 4 is 0 Å². The number of piperidine rings is 1. The number of hydrogen-bond donors (Lipinski definition) is 1. The molecule has 5 heteroatoms. The second-order valence-corrected chi connectivity index (χ2v) is 5.57. The lowest BCUT2D eigenvalue weighted by Crippen LogP contribution is -2.59. The molecular formula is C14H17F2NO2. The lowest BCUT2D eigenvalue weighted by molar-refractivity contribution is -0.138. The van der Waals surface area contributed by atoms with Crippen molar-refractivity contribution in [3.63, 3.8) is 0 Å². The van der Waals surface area contributed by atoms with Crippen molar-refractivity contribution in [2.24, 2.45) is 0 Å². The molecule has 3 nitrogen and oxygen atoms in total. The Bertz CT molecular complexity index is 480. The third-order valence-electron chi connectivity index (χ3n) is 4.35. The van der Waals surface area contributed by atoms with Gasteiger partial charge in [0.2, 0.25) is 0 Å². The number of fused-ring (bicyclic) bond motifs is 2. The number of morpholine rings is 1. The predicted molar refractivity (Wildman–Crippen MR) is 65.6 cm³/mol. The average molecular weight is 269 g/mol. The smallest absolute Gasteiger partial charge is 0.129 e. The molecule has 0 spiro atoms. The molecular weight excluding hydrogens is 252 g/mol. The van der Waals surface area contributed by atoms with Crippen LogP contribution in [0.4, 0.5) is 8.78 Å². The normalized spacial score (nSPS) is 35.4. The molecule has 2 aliphatic rings. The van der Waals surface area contributed by atoms with Gasteiger partial charge in [-0.1, -0.05) is 0 Å². The van der Waals surface area contributed by atoms with E-state index in [0.29, 0.717) is 26.1 Å². The minimum absolute atomic E-state index is 0.0418. The van der Waals surface area contributed by atoms with E-state index in [1.807, 2.05) is 7.05 Å². The third-order valence-corrected chi connectivity index (χ3v) is 4.35. The van der Waals surface area contributed by atoms with Crippen molar-refractivity contribution in [3.05, 3.63) is 35.4 Å². The standard InChI is InChI=1S/C14H17F2NO2/c1-17-10-5-14(18,6-11(17)8-19-7-10)12-4-9(15)2-3-13(12)16/h2-4,10-11,18H,5-8H2,1H3. The number of rotatable bonds is 1. The summed E-state index contributed by atoms with van der Waals surface area (Å²) >= 11 is 0. The summed E-state index contributed by atoms with van der Waals surface area (Å²) in [6.07, 6.45) is 0.723. The van der Waals surface area contributed by atoms with Gasteiger partial charge < -0.3 is 9.84 Å². The Morgan fingerprint density at radius 1 is 1.26 bits per heavy atom. The molecule has 2 aliphatic heterocycles. The quantitative estimate of drug-likeness (QED) is 0.841. The maximum atomic E-state index is 13.9. The number of aliphatic hydroxyl groups is 1. The Balaban J connectivity index is 1.97. The zero-order valence-corrected chi connectivity index (χ0v) is 10.8. The molecule has 2 unspecified atom stereocenters. The lowest BCUT2D eigenvalue weighted by Gasteiger charge is -2.50. The largest absolute Gasteiger partial charge is 0.385 e. The monoisotopic (exact) mass is 269 g/mol. The second kappa shape index (κ2) is 4.51. The first-order valence-corrected chi connectivity index (χ1v) is 6.47. The van der Waals surface area contributed by atoms with Crippen LogP contribution in [0.25, 0.3) is 0 Å². The fourth-order valence-electron chi connectivity index (χ4n) is 3.22. The van der Waals surface area contributed by atoms with Gasteiger partial charge in [-0.25, -0.2) is 8.78 Å². The van der Waals surface area contributed by atoms with Gasteiger partial charge in [0.15, 0.2) is 0 Å². The predicted octanol–water partition coefficient (Wildman–Crippen LogP) is 1.65. The van der Waals surface area contributed by atoms with E-state index in [1.54, 1.807) is 0 Å². The van der Waals surface area contributed by atoms with Gasteiger partial charge in [0, 0.05) is 17.6 Å². The van der Waals surface area contributed by atoms with E-state index >= 15 is 0 Å². The molecule has 1 aromatic carbocycles. The van der Waals surface area contributed by atoms with E-state index < -0.39 is 17.2 Å². The maximum Gasteiger partial charge on any atom is 0.129 e. The molecule has 2 bridgehead atoms. The zero-order chi connectivity index (χ0) is 13.6. The summed E-state index contributed by atoms with van der Waals surface area (Å²) in [4.78, 5) is 2.16. The van der Waals surface area contributed by atoms with Crippen LogP contribution < -0.4 is 0 Å². The Hall–Kier alpha value is -1.04. The van der Waals surface area contributed by atoms with Gasteiger partial charge in [-0.05, 0) is 38.1 Å². The molecule has 0 saturated carbocycles. The fourth-order valence-corrected chi connectivity index (χ4v) is 3.22. The van der Waals surface area contributed by atoms with Crippen LogP contribution in [0.2, 0.25) is 0 Å². The highest BCUT2D eigenvalue weighted by Gasteiger charge is 2.46. The Kier molecular flexibility index (Phi) is 3.08. The first-order valence-electron chi connectivity index (χ1n) is 6.47. The van der Waals surface area contributed by atoms with Crippen molar-refractivity contribution in [1.82, 2.24) is 4.90 Å². The highest BCUT2D eigenvalue weighted by Crippen LogP contribution is 2.41. The second-order valence-electron chi connectivity index (χ2n) is 5.57. The summed E-state index contributed by atoms with van der Waals surface area (Å²) in [7, 11) is 1.99. The number of benzene rings is 1. The van der Waals surface area contributed by atoms with Crippen LogP contribution in [0.5, 0.6) is 0 Å². The molecule has 19 heavy (non-hydrogen) atoms. The maximum absolute atomic E-state index is 13.9. The van der Waals surface area contributed by atoms with Crippen molar-refractivity contribution < 1.29 is 18.6 Å². The highest BCUT2D eigenvalue weighted by atomic mass is 19.1. The van der Waals surface area contributed by atoms with E-state index in [0.717, 1.165) is 18.2 Å². The van der Waals surface area contributed by atoms with Crippen molar-refractivity contribution in [1.29, 1.82) is 0 Å². The minimum Gasteiger partial charge on any atom is -0.385 e. The molecule has 0 amide bonds. The zero-order valence-electron chi connectivity index (χ0n) is 10.8. The van der Waals surface area contributed by atoms with Crippen molar-refractivity contribution in [2.75, 3.05) is 20.3 Å². The summed E-state index contributed by atoms with van der Waals surface area (Å²) in [6.45, 7) is 1.04. The van der Waals surface area contributed by atoms with Gasteiger partial charge in [-0.3, -0.25) is 4.90 Å². The van der Waals surface area contributed by atoms with E-state index in [1.165, 1.54) is 0 Å². The van der Waals surface area contributed by atoms with E-state index in [9.17, 15) is 13.9 Å². The van der Waals surface area contributed by atoms with Crippen LogP contribution >= 0.6 is 0 Å². The first-order chi connectivity index (χ1) is 8.99. The molecule has 0 aliphatic carbocycles. The number of nitrogens with zero attached hydrogens (tertiary/aromatic N) is 1. The van der Waals surface area contributed by atoms with Crippen molar-refractivity contribution in [2.45, 2.75) is 30.5 Å². The highest BCUT2D eigenvalue weighted by molar-refractivity contribution is 5.27.